The van der Waals surface area contributed by atoms with Crippen LogP contribution in [0.4, 0.5) is 13.2 Å². The Kier molecular flexibility index (Phi) is 7.85. The van der Waals surface area contributed by atoms with Gasteiger partial charge in [-0.1, -0.05) is 6.07 Å². The van der Waals surface area contributed by atoms with Crippen LogP contribution in [0, 0.1) is 11.8 Å². The van der Waals surface area contributed by atoms with Crippen molar-refractivity contribution < 1.29 is 32.2 Å². The minimum absolute atomic E-state index is 0.0199. The summed E-state index contributed by atoms with van der Waals surface area (Å²) in [5, 5.41) is 0. The molecule has 1 aromatic heterocycles. The number of nitrogens with zero attached hydrogens (tertiary/aromatic N) is 2. The molecule has 0 radical (unpaired) electrons. The van der Waals surface area contributed by atoms with Crippen molar-refractivity contribution in [2.45, 2.75) is 58.7 Å². The average molecular weight is 505 g/mol. The molecule has 2 fully saturated rings. The van der Waals surface area contributed by atoms with Crippen LogP contribution in [0.3, 0.4) is 0 Å². The van der Waals surface area contributed by atoms with Crippen molar-refractivity contribution >= 4 is 11.9 Å². The van der Waals surface area contributed by atoms with Crippen molar-refractivity contribution in [1.82, 2.24) is 9.88 Å². The van der Waals surface area contributed by atoms with Crippen LogP contribution in [-0.2, 0) is 33.5 Å². The third-order valence-corrected chi connectivity index (χ3v) is 6.42. The predicted octanol–water partition coefficient (Wildman–Crippen LogP) is 5.42. The second-order valence-corrected chi connectivity index (χ2v) is 9.43. The van der Waals surface area contributed by atoms with Crippen molar-refractivity contribution in [3.63, 3.8) is 0 Å². The summed E-state index contributed by atoms with van der Waals surface area (Å²) in [6, 6.07) is 5.25. The Bertz CT molecular complexity index is 1110. The first-order valence-corrected chi connectivity index (χ1v) is 12.5. The number of amides is 1. The molecule has 194 valence electrons. The molecule has 4 rings (SSSR count). The van der Waals surface area contributed by atoms with Gasteiger partial charge in [0, 0.05) is 30.8 Å². The molecule has 1 amide bonds. The highest BCUT2D eigenvalue weighted by Gasteiger charge is 2.35. The Balaban J connectivity index is 1.75. The zero-order chi connectivity index (χ0) is 25.9. The van der Waals surface area contributed by atoms with Crippen molar-refractivity contribution in [3.05, 3.63) is 47.2 Å². The lowest BCUT2D eigenvalue weighted by molar-refractivity contribution is -0.142. The van der Waals surface area contributed by atoms with Gasteiger partial charge in [-0.3, -0.25) is 9.59 Å². The first-order valence-electron chi connectivity index (χ1n) is 12.5. The minimum Gasteiger partial charge on any atom is -0.477 e. The van der Waals surface area contributed by atoms with Gasteiger partial charge in [-0.15, -0.1) is 0 Å². The van der Waals surface area contributed by atoms with Gasteiger partial charge in [0.2, 0.25) is 11.8 Å². The molecule has 0 N–H and O–H groups in total. The fourth-order valence-electron chi connectivity index (χ4n) is 4.06. The number of benzene rings is 1. The van der Waals surface area contributed by atoms with Crippen LogP contribution in [0.15, 0.2) is 30.5 Å². The van der Waals surface area contributed by atoms with E-state index in [2.05, 4.69) is 4.98 Å². The quantitative estimate of drug-likeness (QED) is 0.382. The molecule has 2 aliphatic rings. The van der Waals surface area contributed by atoms with Crippen LogP contribution in [0.2, 0.25) is 0 Å². The van der Waals surface area contributed by atoms with Gasteiger partial charge in [0.1, 0.15) is 0 Å². The van der Waals surface area contributed by atoms with Crippen molar-refractivity contribution in [2.75, 3.05) is 19.8 Å². The summed E-state index contributed by atoms with van der Waals surface area (Å²) in [6.45, 7) is 4.67. The molecule has 2 aromatic rings. The lowest BCUT2D eigenvalue weighted by Gasteiger charge is -2.24. The summed E-state index contributed by atoms with van der Waals surface area (Å²) in [5.74, 6) is 0.230. The lowest BCUT2D eigenvalue weighted by atomic mass is 9.96. The number of ether oxygens (including phenoxy) is 2. The molecule has 2 saturated carbocycles. The molecule has 0 unspecified atom stereocenters. The number of hydrogen-bond donors (Lipinski definition) is 0. The van der Waals surface area contributed by atoms with Crippen LogP contribution < -0.4 is 4.74 Å². The molecule has 6 nitrogen and oxygen atoms in total. The molecule has 1 heterocycles. The van der Waals surface area contributed by atoms with E-state index in [1.54, 1.807) is 17.9 Å². The standard InChI is InChI=1S/C27H31F3N2O4/c1-3-32(26(34)19-7-8-19)15-20-13-21(27(28,29)30)9-10-22(20)23-11-18(12-24(33)35-4-2)14-31-25(23)36-16-17-5-6-17/h9-11,13-14,17,19H,3-8,12,15-16H2,1-2H3. The van der Waals surface area contributed by atoms with Crippen LogP contribution in [0.5, 0.6) is 5.88 Å². The van der Waals surface area contributed by atoms with E-state index in [0.717, 1.165) is 37.8 Å². The maximum atomic E-state index is 13.6. The Morgan fingerprint density at radius 2 is 1.83 bits per heavy atom. The minimum atomic E-state index is -4.53. The Morgan fingerprint density at radius 3 is 2.44 bits per heavy atom. The molecular weight excluding hydrogens is 473 g/mol. The second kappa shape index (κ2) is 10.9. The van der Waals surface area contributed by atoms with Gasteiger partial charge in [0.05, 0.1) is 25.2 Å². The highest BCUT2D eigenvalue weighted by molar-refractivity contribution is 5.82. The summed E-state index contributed by atoms with van der Waals surface area (Å²) in [5.41, 5.74) is 1.12. The number of esters is 1. The van der Waals surface area contributed by atoms with E-state index in [1.165, 1.54) is 12.3 Å². The zero-order valence-electron chi connectivity index (χ0n) is 20.6. The molecule has 0 saturated heterocycles. The normalized spacial score (nSPS) is 15.5. The molecule has 0 bridgehead atoms. The summed E-state index contributed by atoms with van der Waals surface area (Å²) in [4.78, 5) is 30.9. The second-order valence-electron chi connectivity index (χ2n) is 9.43. The lowest BCUT2D eigenvalue weighted by Crippen LogP contribution is -2.31. The third-order valence-electron chi connectivity index (χ3n) is 6.42. The maximum absolute atomic E-state index is 13.6. The fraction of sp³-hybridized carbons (Fsp3) is 0.519. The predicted molar refractivity (Wildman–Crippen MR) is 127 cm³/mol. The van der Waals surface area contributed by atoms with Gasteiger partial charge in [-0.05, 0) is 80.3 Å². The van der Waals surface area contributed by atoms with E-state index in [1.807, 2.05) is 6.92 Å². The molecule has 1 aromatic carbocycles. The number of rotatable bonds is 11. The maximum Gasteiger partial charge on any atom is 0.416 e. The Morgan fingerprint density at radius 1 is 1.08 bits per heavy atom. The fourth-order valence-corrected chi connectivity index (χ4v) is 4.06. The Labute approximate surface area is 208 Å². The average Bonchev–Trinajstić information content (AvgIpc) is 3.75. The molecule has 2 aliphatic carbocycles. The zero-order valence-corrected chi connectivity index (χ0v) is 20.6. The van der Waals surface area contributed by atoms with Gasteiger partial charge in [-0.25, -0.2) is 4.98 Å². The summed E-state index contributed by atoms with van der Waals surface area (Å²) < 4.78 is 51.9. The topological polar surface area (TPSA) is 68.7 Å². The first-order chi connectivity index (χ1) is 17.2. The van der Waals surface area contributed by atoms with Gasteiger partial charge >= 0.3 is 12.1 Å². The summed E-state index contributed by atoms with van der Waals surface area (Å²) in [6.07, 6.45) is 0.732. The summed E-state index contributed by atoms with van der Waals surface area (Å²) >= 11 is 0. The van der Waals surface area contributed by atoms with E-state index in [0.29, 0.717) is 47.2 Å². The highest BCUT2D eigenvalue weighted by Crippen LogP contribution is 2.39. The molecule has 9 heteroatoms. The smallest absolute Gasteiger partial charge is 0.416 e. The van der Waals surface area contributed by atoms with E-state index < -0.39 is 17.7 Å². The van der Waals surface area contributed by atoms with E-state index in [4.69, 9.17) is 9.47 Å². The van der Waals surface area contributed by atoms with Gasteiger partial charge in [0.15, 0.2) is 0 Å². The first kappa shape index (κ1) is 26.0. The van der Waals surface area contributed by atoms with Gasteiger partial charge in [0.25, 0.3) is 0 Å². The number of hydrogen-bond acceptors (Lipinski definition) is 5. The van der Waals surface area contributed by atoms with Crippen molar-refractivity contribution in [3.8, 4) is 17.0 Å². The van der Waals surface area contributed by atoms with E-state index >= 15 is 0 Å². The Hall–Kier alpha value is -3.10. The number of pyridine rings is 1. The number of aromatic nitrogens is 1. The van der Waals surface area contributed by atoms with Gasteiger partial charge < -0.3 is 14.4 Å². The van der Waals surface area contributed by atoms with Crippen molar-refractivity contribution in [1.29, 1.82) is 0 Å². The molecule has 0 atom stereocenters. The molecule has 0 aliphatic heterocycles. The van der Waals surface area contributed by atoms with Crippen molar-refractivity contribution in [2.24, 2.45) is 11.8 Å². The van der Waals surface area contributed by atoms with E-state index in [-0.39, 0.29) is 31.4 Å². The molecular formula is C27H31F3N2O4. The van der Waals surface area contributed by atoms with Crippen LogP contribution in [0.1, 0.15) is 56.2 Å². The van der Waals surface area contributed by atoms with Gasteiger partial charge in [-0.2, -0.15) is 13.2 Å². The third kappa shape index (κ3) is 6.56. The largest absolute Gasteiger partial charge is 0.477 e. The number of alkyl halides is 3. The van der Waals surface area contributed by atoms with E-state index in [9.17, 15) is 22.8 Å². The van der Waals surface area contributed by atoms with Crippen LogP contribution in [-0.4, -0.2) is 41.5 Å². The van der Waals surface area contributed by atoms with Crippen LogP contribution >= 0.6 is 0 Å². The molecule has 0 spiro atoms. The molecule has 36 heavy (non-hydrogen) atoms. The van der Waals surface area contributed by atoms with Crippen LogP contribution in [0.25, 0.3) is 11.1 Å². The number of halogens is 3. The number of carbonyl (C=O) groups excluding carboxylic acids is 2. The summed E-state index contributed by atoms with van der Waals surface area (Å²) in [7, 11) is 0. The monoisotopic (exact) mass is 504 g/mol. The highest BCUT2D eigenvalue weighted by atomic mass is 19.4. The number of carbonyl (C=O) groups is 2. The SMILES string of the molecule is CCOC(=O)Cc1cnc(OCC2CC2)c(-c2ccc(C(F)(F)F)cc2CN(CC)C(=O)C2CC2)c1.